The number of pyridine rings is 1. The van der Waals surface area contributed by atoms with E-state index in [4.69, 9.17) is 15.9 Å². The Morgan fingerprint density at radius 2 is 1.70 bits per heavy atom. The van der Waals surface area contributed by atoms with Crippen LogP contribution in [0.25, 0.3) is 11.1 Å². The van der Waals surface area contributed by atoms with Gasteiger partial charge in [-0.25, -0.2) is 0 Å². The smallest absolute Gasteiger partial charge is 0.309 e. The standard InChI is InChI=1S/C25H27N3O4P/c1-16(22(24(29)32-2)15-17-4-3-5-21(14-17)23(26)27)33-25(30)20-8-6-18(7-9-20)19-10-12-28(31)13-11-19/h3-14,16,22,31,33H,15H2,1-2H3,(H3,26,27)/q+1/t16?,22-/m1/s1. The zero-order chi connectivity index (χ0) is 24.0. The Kier molecular flexibility index (Phi) is 7.91. The summed E-state index contributed by atoms with van der Waals surface area (Å²) in [5, 5.41) is 17.0. The molecule has 0 aliphatic carbocycles. The number of methoxy groups -OCH3 is 1. The minimum atomic E-state index is -0.492. The molecule has 1 heterocycles. The van der Waals surface area contributed by atoms with Gasteiger partial charge in [-0.15, -0.1) is 0 Å². The highest BCUT2D eigenvalue weighted by Gasteiger charge is 2.28. The molecule has 0 radical (unpaired) electrons. The molecule has 170 valence electrons. The predicted octanol–water partition coefficient (Wildman–Crippen LogP) is 3.40. The fourth-order valence-corrected chi connectivity index (χ4v) is 4.75. The van der Waals surface area contributed by atoms with Crippen molar-refractivity contribution in [2.75, 3.05) is 7.11 Å². The third-order valence-electron chi connectivity index (χ3n) is 5.45. The lowest BCUT2D eigenvalue weighted by atomic mass is 9.95. The summed E-state index contributed by atoms with van der Waals surface area (Å²) in [5.74, 6) is -0.893. The molecule has 0 amide bonds. The summed E-state index contributed by atoms with van der Waals surface area (Å²) in [6, 6.07) is 18.1. The molecule has 3 aromatic rings. The quantitative estimate of drug-likeness (QED) is 0.112. The van der Waals surface area contributed by atoms with Crippen molar-refractivity contribution in [2.24, 2.45) is 11.7 Å². The molecule has 0 aliphatic rings. The first kappa shape index (κ1) is 24.1. The summed E-state index contributed by atoms with van der Waals surface area (Å²) in [6.07, 6.45) is 3.47. The number of amidine groups is 1. The molecule has 7 nitrogen and oxygen atoms in total. The molecule has 0 spiro atoms. The molecule has 0 saturated heterocycles. The molecule has 8 heteroatoms. The molecular formula is C25H27N3O4P+. The van der Waals surface area contributed by atoms with Gasteiger partial charge < -0.3 is 10.5 Å². The number of esters is 1. The van der Waals surface area contributed by atoms with Crippen LogP contribution in [0.3, 0.4) is 0 Å². The molecule has 3 rings (SSSR count). The van der Waals surface area contributed by atoms with Gasteiger partial charge in [-0.2, -0.15) is 0 Å². The highest BCUT2D eigenvalue weighted by Crippen LogP contribution is 2.33. The third-order valence-corrected chi connectivity index (χ3v) is 6.86. The Morgan fingerprint density at radius 1 is 1.06 bits per heavy atom. The molecule has 0 fully saturated rings. The van der Waals surface area contributed by atoms with Gasteiger partial charge >= 0.3 is 5.97 Å². The van der Waals surface area contributed by atoms with Crippen molar-refractivity contribution in [3.05, 3.63) is 89.7 Å². The van der Waals surface area contributed by atoms with E-state index in [-0.39, 0.29) is 31.6 Å². The second kappa shape index (κ2) is 10.8. The Labute approximate surface area is 194 Å². The number of nitrogens with two attached hydrogens (primary N) is 1. The number of nitrogens with zero attached hydrogens (tertiary/aromatic N) is 1. The van der Waals surface area contributed by atoms with Crippen molar-refractivity contribution in [1.82, 2.24) is 0 Å². The van der Waals surface area contributed by atoms with Crippen LogP contribution < -0.4 is 10.5 Å². The summed E-state index contributed by atoms with van der Waals surface area (Å²) < 4.78 is 5.98. The predicted molar refractivity (Wildman–Crippen MR) is 128 cm³/mol. The van der Waals surface area contributed by atoms with Gasteiger partial charge in [0.05, 0.1) is 13.0 Å². The number of rotatable bonds is 9. The summed E-state index contributed by atoms with van der Waals surface area (Å²) in [7, 11) is 1.24. The number of nitrogens with one attached hydrogen (secondary N) is 1. The van der Waals surface area contributed by atoms with E-state index < -0.39 is 5.92 Å². The van der Waals surface area contributed by atoms with Gasteiger partial charge in [-0.3, -0.25) is 20.2 Å². The number of carbonyl (C=O) groups is 2. The van der Waals surface area contributed by atoms with Crippen molar-refractivity contribution in [3.63, 3.8) is 0 Å². The monoisotopic (exact) mass is 464 g/mol. The van der Waals surface area contributed by atoms with E-state index in [1.54, 1.807) is 42.5 Å². The van der Waals surface area contributed by atoms with E-state index in [1.165, 1.54) is 19.5 Å². The van der Waals surface area contributed by atoms with Crippen LogP contribution in [0.1, 0.15) is 28.4 Å². The highest BCUT2D eigenvalue weighted by molar-refractivity contribution is 7.59. The SMILES string of the molecule is COC(=O)[C@H](Cc1cccc(C(=N)N)c1)C(C)PC(=O)c1ccc(-c2cc[n+](O)cc2)cc1. The molecule has 0 bridgehead atoms. The van der Waals surface area contributed by atoms with E-state index in [0.29, 0.717) is 17.5 Å². The summed E-state index contributed by atoms with van der Waals surface area (Å²) in [4.78, 5) is 25.4. The van der Waals surface area contributed by atoms with Gasteiger partial charge in [0.15, 0.2) is 5.52 Å². The number of nitrogen functional groups attached to an aromatic ring is 1. The molecule has 0 saturated carbocycles. The lowest BCUT2D eigenvalue weighted by molar-refractivity contribution is -0.904. The molecule has 2 aromatic carbocycles. The van der Waals surface area contributed by atoms with E-state index in [9.17, 15) is 14.8 Å². The van der Waals surface area contributed by atoms with Gasteiger partial charge in [-0.05, 0) is 43.4 Å². The summed E-state index contributed by atoms with van der Waals surface area (Å²) in [5.41, 5.74) is 9.22. The number of ether oxygens (including phenoxy) is 1. The molecule has 2 unspecified atom stereocenters. The number of carbonyl (C=O) groups excluding carboxylic acids is 2. The number of hydrogen-bond acceptors (Lipinski definition) is 5. The van der Waals surface area contributed by atoms with E-state index in [1.807, 2.05) is 25.1 Å². The average molecular weight is 464 g/mol. The van der Waals surface area contributed by atoms with Crippen LogP contribution in [0.4, 0.5) is 0 Å². The minimum Gasteiger partial charge on any atom is -0.469 e. The first-order valence-electron chi connectivity index (χ1n) is 10.4. The topological polar surface area (TPSA) is 117 Å². The van der Waals surface area contributed by atoms with Gasteiger partial charge in [-0.1, -0.05) is 49.4 Å². The van der Waals surface area contributed by atoms with Crippen molar-refractivity contribution in [3.8, 4) is 11.1 Å². The number of benzene rings is 2. The molecule has 1 aromatic heterocycles. The Hall–Kier alpha value is -3.57. The second-order valence-electron chi connectivity index (χ2n) is 7.75. The van der Waals surface area contributed by atoms with Gasteiger partial charge in [0, 0.05) is 28.0 Å². The highest BCUT2D eigenvalue weighted by atomic mass is 31.1. The van der Waals surface area contributed by atoms with Crippen LogP contribution in [0.15, 0.2) is 73.1 Å². The van der Waals surface area contributed by atoms with Crippen molar-refractivity contribution in [2.45, 2.75) is 19.0 Å². The number of aromatic nitrogens is 1. The fourth-order valence-electron chi connectivity index (χ4n) is 3.55. The number of hydrogen-bond donors (Lipinski definition) is 3. The van der Waals surface area contributed by atoms with Gasteiger partial charge in [0.25, 0.3) is 0 Å². The maximum Gasteiger partial charge on any atom is 0.309 e. The summed E-state index contributed by atoms with van der Waals surface area (Å²) in [6.45, 7) is 1.88. The summed E-state index contributed by atoms with van der Waals surface area (Å²) >= 11 is 0. The third kappa shape index (κ3) is 6.24. The zero-order valence-electron chi connectivity index (χ0n) is 18.5. The zero-order valence-corrected chi connectivity index (χ0v) is 19.5. The van der Waals surface area contributed by atoms with E-state index in [0.717, 1.165) is 21.4 Å². The molecule has 3 atom stereocenters. The van der Waals surface area contributed by atoms with E-state index >= 15 is 0 Å². The van der Waals surface area contributed by atoms with Gasteiger partial charge in [0.1, 0.15) is 5.84 Å². The van der Waals surface area contributed by atoms with Crippen LogP contribution in [0.5, 0.6) is 0 Å². The fraction of sp³-hybridized carbons (Fsp3) is 0.200. The Morgan fingerprint density at radius 3 is 2.30 bits per heavy atom. The normalized spacial score (nSPS) is 12.9. The van der Waals surface area contributed by atoms with Crippen LogP contribution >= 0.6 is 8.58 Å². The van der Waals surface area contributed by atoms with Crippen molar-refractivity contribution < 1.29 is 24.3 Å². The van der Waals surface area contributed by atoms with Gasteiger partial charge in [0.2, 0.25) is 12.4 Å². The molecular weight excluding hydrogens is 437 g/mol. The first-order valence-corrected chi connectivity index (χ1v) is 11.5. The Bertz CT molecular complexity index is 1150. The van der Waals surface area contributed by atoms with Crippen LogP contribution in [0, 0.1) is 11.3 Å². The van der Waals surface area contributed by atoms with Crippen LogP contribution in [0.2, 0.25) is 0 Å². The maximum atomic E-state index is 12.9. The minimum absolute atomic E-state index is 0.0262. The average Bonchev–Trinajstić information content (AvgIpc) is 2.82. The largest absolute Gasteiger partial charge is 0.469 e. The first-order chi connectivity index (χ1) is 15.8. The lowest BCUT2D eigenvalue weighted by Crippen LogP contribution is -2.27. The van der Waals surface area contributed by atoms with Crippen LogP contribution in [-0.2, 0) is 16.0 Å². The second-order valence-corrected chi connectivity index (χ2v) is 9.41. The van der Waals surface area contributed by atoms with Crippen molar-refractivity contribution >= 4 is 25.9 Å². The Balaban J connectivity index is 1.72. The van der Waals surface area contributed by atoms with Crippen LogP contribution in [-0.4, -0.2) is 35.3 Å². The molecule has 0 aliphatic heterocycles. The van der Waals surface area contributed by atoms with Crippen molar-refractivity contribution in [1.29, 1.82) is 5.41 Å². The maximum absolute atomic E-state index is 12.9. The van der Waals surface area contributed by atoms with E-state index in [2.05, 4.69) is 0 Å². The lowest BCUT2D eigenvalue weighted by Gasteiger charge is -2.21. The molecule has 4 N–H and O–H groups in total. The molecule has 33 heavy (non-hydrogen) atoms.